The molecular formula is C6H21NO3. The molecule has 4 heteroatoms. The van der Waals surface area contributed by atoms with Crippen LogP contribution in [0.4, 0.5) is 0 Å². The summed E-state index contributed by atoms with van der Waals surface area (Å²) in [6, 6.07) is 0. The molecule has 0 aliphatic carbocycles. The van der Waals surface area contributed by atoms with E-state index in [2.05, 4.69) is 0 Å². The van der Waals surface area contributed by atoms with Crippen molar-refractivity contribution in [2.45, 2.75) is 26.4 Å². The number of methoxy groups -OCH3 is 1. The first-order chi connectivity index (χ1) is 3.56. The summed E-state index contributed by atoms with van der Waals surface area (Å²) in [5, 5.41) is 7.00. The molecule has 0 bridgehead atoms. The van der Waals surface area contributed by atoms with Crippen LogP contribution in [0.3, 0.4) is 0 Å². The van der Waals surface area contributed by atoms with Crippen LogP contribution in [0, 0.1) is 0 Å². The van der Waals surface area contributed by atoms with Crippen molar-refractivity contribution in [1.29, 1.82) is 0 Å². The fourth-order valence-electron chi connectivity index (χ4n) is 0. The largest absolute Gasteiger partial charge is 0.870 e. The highest BCUT2D eigenvalue weighted by molar-refractivity contribution is 4.55. The van der Waals surface area contributed by atoms with Gasteiger partial charge in [0.15, 0.2) is 0 Å². The first-order valence-corrected chi connectivity index (χ1v) is 2.56. The Balaban J connectivity index is -0.0000000412. The molecule has 10 heavy (non-hydrogen) atoms. The normalized spacial score (nSPS) is 7.80. The molecular weight excluding hydrogens is 134 g/mol. The fraction of sp³-hybridized carbons (Fsp3) is 1.00. The Bertz CT molecular complexity index is 42.7. The number of aliphatic hydroxyl groups excluding tert-OH is 1. The Morgan fingerprint density at radius 2 is 1.20 bits per heavy atom. The lowest BCUT2D eigenvalue weighted by Crippen LogP contribution is -2.15. The standard InChI is InChI=1S/C5H12O.CH4O.H3N.H2O/c1-5(2,3)6-4;1-2;;/h1-4H3;2H,1H3;1H3;1H2. The lowest BCUT2D eigenvalue weighted by atomic mass is 10.2. The van der Waals surface area contributed by atoms with Gasteiger partial charge < -0.3 is 21.5 Å². The average molecular weight is 155 g/mol. The summed E-state index contributed by atoms with van der Waals surface area (Å²) in [6.45, 7) is 6.06. The molecule has 0 aliphatic rings. The number of ether oxygens (including phenoxy) is 1. The molecule has 0 spiro atoms. The lowest BCUT2D eigenvalue weighted by Gasteiger charge is -2.14. The molecule has 0 radical (unpaired) electrons. The van der Waals surface area contributed by atoms with Crippen molar-refractivity contribution in [3.63, 3.8) is 0 Å². The highest BCUT2D eigenvalue weighted by atomic mass is 16.5. The van der Waals surface area contributed by atoms with E-state index in [1.807, 2.05) is 20.8 Å². The van der Waals surface area contributed by atoms with Crippen molar-refractivity contribution in [2.75, 3.05) is 14.2 Å². The van der Waals surface area contributed by atoms with E-state index in [4.69, 9.17) is 9.84 Å². The first-order valence-electron chi connectivity index (χ1n) is 2.56. The van der Waals surface area contributed by atoms with Crippen molar-refractivity contribution in [3.05, 3.63) is 0 Å². The van der Waals surface area contributed by atoms with E-state index in [1.165, 1.54) is 0 Å². The maximum atomic E-state index is 7.00. The number of hydrogen-bond acceptors (Lipinski definition) is 3. The molecule has 0 aromatic heterocycles. The van der Waals surface area contributed by atoms with Crippen LogP contribution in [0.15, 0.2) is 0 Å². The summed E-state index contributed by atoms with van der Waals surface area (Å²) in [7, 11) is 2.71. The smallest absolute Gasteiger partial charge is 0.0594 e. The molecule has 0 rings (SSSR count). The number of quaternary nitrogens is 1. The van der Waals surface area contributed by atoms with Crippen molar-refractivity contribution < 1.29 is 15.3 Å². The Kier molecular flexibility index (Phi) is 26.2. The summed E-state index contributed by atoms with van der Waals surface area (Å²) >= 11 is 0. The topological polar surface area (TPSA) is 96.0 Å². The van der Waals surface area contributed by atoms with E-state index in [9.17, 15) is 0 Å². The van der Waals surface area contributed by atoms with E-state index < -0.39 is 0 Å². The average Bonchev–Trinajstić information content (AvgIpc) is 1.71. The van der Waals surface area contributed by atoms with Gasteiger partial charge in [-0.15, -0.1) is 0 Å². The molecule has 0 fully saturated rings. The second-order valence-corrected chi connectivity index (χ2v) is 2.32. The van der Waals surface area contributed by atoms with Crippen molar-refractivity contribution in [2.24, 2.45) is 0 Å². The molecule has 0 aromatic carbocycles. The second-order valence-electron chi connectivity index (χ2n) is 2.32. The van der Waals surface area contributed by atoms with Crippen molar-refractivity contribution in [1.82, 2.24) is 6.15 Å². The Labute approximate surface area is 63.1 Å². The van der Waals surface area contributed by atoms with E-state index in [-0.39, 0.29) is 17.2 Å². The third-order valence-corrected chi connectivity index (χ3v) is 0.612. The van der Waals surface area contributed by atoms with Crippen LogP contribution in [0.2, 0.25) is 0 Å². The number of aliphatic hydroxyl groups is 1. The SMILES string of the molecule is CO.COC(C)(C)C.[NH4+].[OH-]. The van der Waals surface area contributed by atoms with Gasteiger partial charge in [0.2, 0.25) is 0 Å². The van der Waals surface area contributed by atoms with Gasteiger partial charge in [0.25, 0.3) is 0 Å². The third kappa shape index (κ3) is 45.5. The van der Waals surface area contributed by atoms with Crippen LogP contribution >= 0.6 is 0 Å². The number of rotatable bonds is 0. The Morgan fingerprint density at radius 3 is 1.20 bits per heavy atom. The maximum Gasteiger partial charge on any atom is 0.0594 e. The van der Waals surface area contributed by atoms with Crippen LogP contribution in [0.25, 0.3) is 0 Å². The second kappa shape index (κ2) is 11.6. The van der Waals surface area contributed by atoms with Gasteiger partial charge in [0.05, 0.1) is 5.60 Å². The summed E-state index contributed by atoms with van der Waals surface area (Å²) in [5.41, 5.74) is 0.0417. The van der Waals surface area contributed by atoms with Crippen LogP contribution in [-0.4, -0.2) is 30.4 Å². The van der Waals surface area contributed by atoms with Gasteiger partial charge in [0.1, 0.15) is 0 Å². The maximum absolute atomic E-state index is 7.00. The summed E-state index contributed by atoms with van der Waals surface area (Å²) in [4.78, 5) is 0. The van der Waals surface area contributed by atoms with Gasteiger partial charge >= 0.3 is 0 Å². The molecule has 0 aromatic rings. The van der Waals surface area contributed by atoms with Crippen LogP contribution in [0.1, 0.15) is 20.8 Å². The fourth-order valence-corrected chi connectivity index (χ4v) is 0. The molecule has 6 N–H and O–H groups in total. The molecule has 0 saturated carbocycles. The van der Waals surface area contributed by atoms with Gasteiger partial charge in [-0.3, -0.25) is 0 Å². The predicted octanol–water partition coefficient (Wildman–Crippen LogP) is 1.24. The van der Waals surface area contributed by atoms with E-state index in [0.717, 1.165) is 7.11 Å². The predicted molar refractivity (Wildman–Crippen MR) is 42.8 cm³/mol. The van der Waals surface area contributed by atoms with Gasteiger partial charge in [-0.1, -0.05) is 0 Å². The third-order valence-electron chi connectivity index (χ3n) is 0.612. The quantitative estimate of drug-likeness (QED) is 0.550. The van der Waals surface area contributed by atoms with E-state index in [1.54, 1.807) is 7.11 Å². The van der Waals surface area contributed by atoms with Crippen molar-refractivity contribution >= 4 is 0 Å². The molecule has 0 atom stereocenters. The first kappa shape index (κ1) is 22.5. The van der Waals surface area contributed by atoms with Crippen molar-refractivity contribution in [3.8, 4) is 0 Å². The Hall–Kier alpha value is -0.160. The lowest BCUT2D eigenvalue weighted by molar-refractivity contribution is 0.0397. The van der Waals surface area contributed by atoms with E-state index >= 15 is 0 Å². The highest BCUT2D eigenvalue weighted by Crippen LogP contribution is 2.02. The molecule has 4 nitrogen and oxygen atoms in total. The zero-order chi connectivity index (χ0) is 7.21. The van der Waals surface area contributed by atoms with E-state index in [0.29, 0.717) is 0 Å². The zero-order valence-corrected chi connectivity index (χ0v) is 7.80. The van der Waals surface area contributed by atoms with Gasteiger partial charge in [-0.2, -0.15) is 0 Å². The summed E-state index contributed by atoms with van der Waals surface area (Å²) < 4.78 is 4.94. The molecule has 68 valence electrons. The minimum absolute atomic E-state index is 0. The van der Waals surface area contributed by atoms with Gasteiger partial charge in [-0.05, 0) is 20.8 Å². The molecule has 0 aliphatic heterocycles. The number of hydrogen-bond donors (Lipinski definition) is 2. The Morgan fingerprint density at radius 1 is 1.10 bits per heavy atom. The molecule has 0 saturated heterocycles. The summed E-state index contributed by atoms with van der Waals surface area (Å²) in [6.07, 6.45) is 0. The van der Waals surface area contributed by atoms with Crippen LogP contribution in [-0.2, 0) is 4.74 Å². The zero-order valence-electron chi connectivity index (χ0n) is 7.80. The van der Waals surface area contributed by atoms with Crippen LogP contribution in [0.5, 0.6) is 0 Å². The minimum atomic E-state index is 0. The van der Waals surface area contributed by atoms with Crippen LogP contribution < -0.4 is 6.15 Å². The van der Waals surface area contributed by atoms with Gasteiger partial charge in [0, 0.05) is 14.2 Å². The molecule has 0 heterocycles. The van der Waals surface area contributed by atoms with Gasteiger partial charge in [-0.25, -0.2) is 0 Å². The molecule has 0 amide bonds. The summed E-state index contributed by atoms with van der Waals surface area (Å²) in [5.74, 6) is 0. The monoisotopic (exact) mass is 155 g/mol. The molecule has 0 unspecified atom stereocenters. The highest BCUT2D eigenvalue weighted by Gasteiger charge is 2.03. The minimum Gasteiger partial charge on any atom is -0.870 e.